The number of carboxylic acids is 1. The maximum absolute atomic E-state index is 12.8. The predicted molar refractivity (Wildman–Crippen MR) is 126 cm³/mol. The number of hydrogen-bond donors (Lipinski definition) is 1. The van der Waals surface area contributed by atoms with Crippen LogP contribution in [-0.4, -0.2) is 32.7 Å². The van der Waals surface area contributed by atoms with Crippen LogP contribution < -0.4 is 0 Å². The first-order valence-electron chi connectivity index (χ1n) is 9.35. The monoisotopic (exact) mass is 469 g/mol. The number of amides is 1. The minimum absolute atomic E-state index is 0.00333. The minimum Gasteiger partial charge on any atom is -0.478 e. The molecule has 0 spiro atoms. The van der Waals surface area contributed by atoms with Crippen molar-refractivity contribution in [2.75, 3.05) is 6.54 Å². The number of carboxylic acid groups (broad SMARTS) is 1. The van der Waals surface area contributed by atoms with Gasteiger partial charge in [0.2, 0.25) is 0 Å². The largest absolute Gasteiger partial charge is 0.478 e. The summed E-state index contributed by atoms with van der Waals surface area (Å²) >= 11 is 12.6. The molecule has 156 valence electrons. The van der Waals surface area contributed by atoms with Gasteiger partial charge < -0.3 is 9.52 Å². The fourth-order valence-corrected chi connectivity index (χ4v) is 4.62. The van der Waals surface area contributed by atoms with Crippen LogP contribution in [-0.2, 0) is 11.2 Å². The number of furan rings is 1. The van der Waals surface area contributed by atoms with Gasteiger partial charge in [-0.2, -0.15) is 0 Å². The van der Waals surface area contributed by atoms with Gasteiger partial charge in [0, 0.05) is 18.2 Å². The lowest BCUT2D eigenvalue weighted by Crippen LogP contribution is -2.30. The van der Waals surface area contributed by atoms with Crippen LogP contribution in [0.2, 0.25) is 5.02 Å². The van der Waals surface area contributed by atoms with Crippen LogP contribution in [0.1, 0.15) is 21.7 Å². The van der Waals surface area contributed by atoms with Crippen molar-refractivity contribution in [3.05, 3.63) is 87.5 Å². The lowest BCUT2D eigenvalue weighted by atomic mass is 10.1. The number of aromatic carboxylic acids is 1. The Morgan fingerprint density at radius 2 is 1.94 bits per heavy atom. The molecule has 1 N–H and O–H groups in total. The highest BCUT2D eigenvalue weighted by Crippen LogP contribution is 2.34. The average Bonchev–Trinajstić information content (AvgIpc) is 3.32. The van der Waals surface area contributed by atoms with Gasteiger partial charge in [0.25, 0.3) is 5.91 Å². The number of thiocarbonyl (C=S) groups is 1. The first kappa shape index (κ1) is 21.4. The highest BCUT2D eigenvalue weighted by Gasteiger charge is 2.32. The van der Waals surface area contributed by atoms with Crippen molar-refractivity contribution in [3.63, 3.8) is 0 Å². The zero-order valence-corrected chi connectivity index (χ0v) is 18.5. The van der Waals surface area contributed by atoms with Gasteiger partial charge in [-0.15, -0.1) is 0 Å². The molecule has 0 saturated carbocycles. The minimum atomic E-state index is -1.11. The molecular weight excluding hydrogens is 454 g/mol. The summed E-state index contributed by atoms with van der Waals surface area (Å²) in [4.78, 5) is 26.2. The number of carbonyl (C=O) groups is 2. The van der Waals surface area contributed by atoms with Crippen molar-refractivity contribution in [1.29, 1.82) is 0 Å². The van der Waals surface area contributed by atoms with Crippen molar-refractivity contribution >= 4 is 57.9 Å². The van der Waals surface area contributed by atoms with E-state index in [4.69, 9.17) is 28.2 Å². The second kappa shape index (κ2) is 9.09. The summed E-state index contributed by atoms with van der Waals surface area (Å²) in [6.45, 7) is 0.512. The van der Waals surface area contributed by atoms with E-state index in [2.05, 4.69) is 0 Å². The summed E-state index contributed by atoms with van der Waals surface area (Å²) in [5, 5.41) is 9.40. The van der Waals surface area contributed by atoms with Gasteiger partial charge in [-0.05, 0) is 42.3 Å². The van der Waals surface area contributed by atoms with E-state index in [0.717, 1.165) is 5.56 Å². The fraction of sp³-hybridized carbons (Fsp3) is 0.0870. The van der Waals surface area contributed by atoms with Crippen LogP contribution in [0.15, 0.2) is 70.0 Å². The predicted octanol–water partition coefficient (Wildman–Crippen LogP) is 5.74. The van der Waals surface area contributed by atoms with E-state index in [0.29, 0.717) is 39.3 Å². The summed E-state index contributed by atoms with van der Waals surface area (Å²) in [7, 11) is 0. The third kappa shape index (κ3) is 4.74. The van der Waals surface area contributed by atoms with Gasteiger partial charge >= 0.3 is 5.97 Å². The van der Waals surface area contributed by atoms with Crippen LogP contribution in [0.3, 0.4) is 0 Å². The van der Waals surface area contributed by atoms with Crippen molar-refractivity contribution in [1.82, 2.24) is 4.90 Å². The maximum Gasteiger partial charge on any atom is 0.337 e. The van der Waals surface area contributed by atoms with Crippen molar-refractivity contribution < 1.29 is 19.1 Å². The van der Waals surface area contributed by atoms with E-state index in [-0.39, 0.29) is 16.5 Å². The van der Waals surface area contributed by atoms with Crippen LogP contribution >= 0.6 is 35.6 Å². The molecule has 8 heteroatoms. The summed E-state index contributed by atoms with van der Waals surface area (Å²) in [6.07, 6.45) is 2.37. The molecule has 0 bridgehead atoms. The molecule has 2 heterocycles. The van der Waals surface area contributed by atoms with Crippen molar-refractivity contribution in [3.8, 4) is 11.3 Å². The number of nitrogens with zero attached hydrogens (tertiary/aromatic N) is 1. The number of halogens is 1. The molecule has 3 aromatic rings. The van der Waals surface area contributed by atoms with Gasteiger partial charge in [-0.3, -0.25) is 9.69 Å². The molecule has 1 aliphatic rings. The molecule has 5 nitrogen and oxygen atoms in total. The van der Waals surface area contributed by atoms with E-state index in [1.807, 2.05) is 30.3 Å². The smallest absolute Gasteiger partial charge is 0.337 e. The lowest BCUT2D eigenvalue weighted by molar-refractivity contribution is -0.122. The Morgan fingerprint density at radius 1 is 1.16 bits per heavy atom. The molecule has 1 aromatic heterocycles. The second-order valence-electron chi connectivity index (χ2n) is 6.77. The van der Waals surface area contributed by atoms with Crippen LogP contribution in [0.5, 0.6) is 0 Å². The van der Waals surface area contributed by atoms with Gasteiger partial charge in [0.1, 0.15) is 15.8 Å². The van der Waals surface area contributed by atoms with E-state index in [1.54, 1.807) is 29.2 Å². The molecular formula is C23H16ClNO4S2. The van der Waals surface area contributed by atoms with Crippen LogP contribution in [0, 0.1) is 0 Å². The first-order chi connectivity index (χ1) is 14.9. The number of rotatable bonds is 6. The third-order valence-electron chi connectivity index (χ3n) is 4.72. The summed E-state index contributed by atoms with van der Waals surface area (Å²) < 4.78 is 6.33. The molecule has 0 atom stereocenters. The Labute approximate surface area is 193 Å². The Bertz CT molecular complexity index is 1200. The van der Waals surface area contributed by atoms with E-state index in [9.17, 15) is 14.7 Å². The highest BCUT2D eigenvalue weighted by molar-refractivity contribution is 8.26. The normalized spacial score (nSPS) is 15.1. The summed E-state index contributed by atoms with van der Waals surface area (Å²) in [5.74, 6) is -0.309. The molecule has 0 unspecified atom stereocenters. The number of benzene rings is 2. The molecule has 4 rings (SSSR count). The molecule has 1 fully saturated rings. The topological polar surface area (TPSA) is 70.8 Å². The van der Waals surface area contributed by atoms with E-state index < -0.39 is 5.97 Å². The summed E-state index contributed by atoms with van der Waals surface area (Å²) in [6, 6.07) is 18.0. The number of hydrogen-bond acceptors (Lipinski definition) is 5. The molecule has 1 amide bonds. The zero-order chi connectivity index (χ0) is 22.0. The van der Waals surface area contributed by atoms with Crippen LogP contribution in [0.4, 0.5) is 0 Å². The van der Waals surface area contributed by atoms with Gasteiger partial charge in [-0.25, -0.2) is 4.79 Å². The van der Waals surface area contributed by atoms with Gasteiger partial charge in [0.05, 0.1) is 15.5 Å². The number of thioether (sulfide) groups is 1. The van der Waals surface area contributed by atoms with Gasteiger partial charge in [0.15, 0.2) is 0 Å². The van der Waals surface area contributed by atoms with E-state index in [1.165, 1.54) is 23.9 Å². The highest BCUT2D eigenvalue weighted by atomic mass is 35.5. The molecule has 1 saturated heterocycles. The Kier molecular flexibility index (Phi) is 6.27. The molecule has 31 heavy (non-hydrogen) atoms. The Balaban J connectivity index is 1.50. The van der Waals surface area contributed by atoms with Crippen molar-refractivity contribution in [2.24, 2.45) is 0 Å². The van der Waals surface area contributed by atoms with Crippen molar-refractivity contribution in [2.45, 2.75) is 6.42 Å². The Morgan fingerprint density at radius 3 is 2.68 bits per heavy atom. The molecule has 1 aliphatic heterocycles. The number of carbonyl (C=O) groups excluding carboxylic acids is 1. The quantitative estimate of drug-likeness (QED) is 0.366. The lowest BCUT2D eigenvalue weighted by Gasteiger charge is -2.14. The standard InChI is InChI=1S/C23H16ClNO4S2/c24-18-8-6-15(12-17(18)22(27)28)19-9-7-16(29-19)13-20-21(26)25(23(30)31-20)11-10-14-4-2-1-3-5-14/h1-9,12-13H,10-11H2,(H,27,28)/b20-13-. The fourth-order valence-electron chi connectivity index (χ4n) is 3.14. The summed E-state index contributed by atoms with van der Waals surface area (Å²) in [5.41, 5.74) is 1.72. The average molecular weight is 470 g/mol. The Hall–Kier alpha value is -2.87. The molecule has 2 aromatic carbocycles. The SMILES string of the molecule is O=C(O)c1cc(-c2ccc(/C=C3\SC(=S)N(CCc4ccccc4)C3=O)o2)ccc1Cl. The maximum atomic E-state index is 12.8. The first-order valence-corrected chi connectivity index (χ1v) is 10.9. The zero-order valence-electron chi connectivity index (χ0n) is 16.1. The van der Waals surface area contributed by atoms with Crippen LogP contribution in [0.25, 0.3) is 17.4 Å². The van der Waals surface area contributed by atoms with E-state index >= 15 is 0 Å². The molecule has 0 aliphatic carbocycles. The van der Waals surface area contributed by atoms with Gasteiger partial charge in [-0.1, -0.05) is 65.9 Å². The molecule has 0 radical (unpaired) electrons. The second-order valence-corrected chi connectivity index (χ2v) is 8.85. The third-order valence-corrected chi connectivity index (χ3v) is 6.43.